The molecule has 0 atom stereocenters. The molecular formula is C11H17N3O. The molecule has 0 aliphatic carbocycles. The minimum Gasteiger partial charge on any atom is -0.302 e. The Morgan fingerprint density at radius 2 is 2.07 bits per heavy atom. The van der Waals surface area contributed by atoms with Gasteiger partial charge >= 0.3 is 0 Å². The lowest BCUT2D eigenvalue weighted by atomic mass is 10.4. The van der Waals surface area contributed by atoms with Gasteiger partial charge in [0.15, 0.2) is 0 Å². The third kappa shape index (κ3) is 2.45. The van der Waals surface area contributed by atoms with Crippen molar-refractivity contribution < 1.29 is 0 Å². The molecule has 0 spiro atoms. The average Bonchev–Trinajstić information content (AvgIpc) is 2.73. The van der Waals surface area contributed by atoms with E-state index in [1.165, 1.54) is 25.9 Å². The summed E-state index contributed by atoms with van der Waals surface area (Å²) < 4.78 is 1.70. The van der Waals surface area contributed by atoms with Gasteiger partial charge in [-0.1, -0.05) is 0 Å². The molecule has 4 heteroatoms. The molecule has 0 saturated carbocycles. The average molecular weight is 207 g/mol. The topological polar surface area (TPSA) is 38.1 Å². The van der Waals surface area contributed by atoms with E-state index in [4.69, 9.17) is 0 Å². The zero-order valence-corrected chi connectivity index (χ0v) is 9.15. The monoisotopic (exact) mass is 207 g/mol. The number of nitrogens with zero attached hydrogens (tertiary/aromatic N) is 3. The highest BCUT2D eigenvalue weighted by Gasteiger charge is 2.11. The second kappa shape index (κ2) is 4.57. The molecule has 2 rings (SSSR count). The van der Waals surface area contributed by atoms with Crippen molar-refractivity contribution in [2.75, 3.05) is 19.6 Å². The minimum absolute atomic E-state index is 0.0872. The highest BCUT2D eigenvalue weighted by Crippen LogP contribution is 2.06. The van der Waals surface area contributed by atoms with E-state index in [-0.39, 0.29) is 5.56 Å². The van der Waals surface area contributed by atoms with Crippen LogP contribution >= 0.6 is 0 Å². The van der Waals surface area contributed by atoms with E-state index in [1.807, 2.05) is 6.92 Å². The van der Waals surface area contributed by atoms with Gasteiger partial charge in [0.2, 0.25) is 0 Å². The Hall–Kier alpha value is -1.16. The van der Waals surface area contributed by atoms with E-state index in [2.05, 4.69) is 9.88 Å². The van der Waals surface area contributed by atoms with Crippen LogP contribution in [0.2, 0.25) is 0 Å². The highest BCUT2D eigenvalue weighted by atomic mass is 16.1. The number of aromatic nitrogens is 2. The summed E-state index contributed by atoms with van der Waals surface area (Å²) in [6.07, 6.45) is 5.84. The van der Waals surface area contributed by atoms with Crippen LogP contribution in [0.3, 0.4) is 0 Å². The van der Waals surface area contributed by atoms with Gasteiger partial charge in [-0.3, -0.25) is 9.36 Å². The van der Waals surface area contributed by atoms with Gasteiger partial charge in [0.25, 0.3) is 5.56 Å². The third-order valence-electron chi connectivity index (χ3n) is 2.93. The number of likely N-dealkylation sites (tertiary alicyclic amines) is 1. The van der Waals surface area contributed by atoms with Crippen molar-refractivity contribution in [2.24, 2.45) is 0 Å². The molecule has 1 saturated heterocycles. The molecule has 1 aliphatic rings. The van der Waals surface area contributed by atoms with Gasteiger partial charge in [-0.05, 0) is 32.9 Å². The van der Waals surface area contributed by atoms with E-state index in [0.29, 0.717) is 0 Å². The van der Waals surface area contributed by atoms with E-state index in [0.717, 1.165) is 18.7 Å². The van der Waals surface area contributed by atoms with Crippen LogP contribution in [0.1, 0.15) is 18.4 Å². The fraction of sp³-hybridized carbons (Fsp3) is 0.636. The normalized spacial score (nSPS) is 17.1. The summed E-state index contributed by atoms with van der Waals surface area (Å²) in [5.41, 5.74) is 0.808. The van der Waals surface area contributed by atoms with Crippen LogP contribution in [-0.2, 0) is 6.54 Å². The Morgan fingerprint density at radius 1 is 1.33 bits per heavy atom. The van der Waals surface area contributed by atoms with Crippen LogP contribution in [0.4, 0.5) is 0 Å². The lowest BCUT2D eigenvalue weighted by Crippen LogP contribution is -2.30. The van der Waals surface area contributed by atoms with Gasteiger partial charge in [-0.2, -0.15) is 0 Å². The van der Waals surface area contributed by atoms with Crippen molar-refractivity contribution in [3.63, 3.8) is 0 Å². The van der Waals surface area contributed by atoms with Crippen LogP contribution in [0.25, 0.3) is 0 Å². The molecule has 0 unspecified atom stereocenters. The van der Waals surface area contributed by atoms with Gasteiger partial charge in [0, 0.05) is 24.8 Å². The smallest absolute Gasteiger partial charge is 0.256 e. The summed E-state index contributed by atoms with van der Waals surface area (Å²) in [5, 5.41) is 0. The first kappa shape index (κ1) is 10.4. The van der Waals surface area contributed by atoms with Crippen LogP contribution in [-0.4, -0.2) is 34.1 Å². The second-order valence-electron chi connectivity index (χ2n) is 4.12. The summed E-state index contributed by atoms with van der Waals surface area (Å²) >= 11 is 0. The van der Waals surface area contributed by atoms with E-state index >= 15 is 0 Å². The zero-order chi connectivity index (χ0) is 10.7. The van der Waals surface area contributed by atoms with Crippen molar-refractivity contribution in [3.8, 4) is 0 Å². The van der Waals surface area contributed by atoms with Crippen LogP contribution in [0.5, 0.6) is 0 Å². The molecule has 82 valence electrons. The molecule has 0 aromatic carbocycles. The van der Waals surface area contributed by atoms with Crippen LogP contribution < -0.4 is 5.56 Å². The zero-order valence-electron chi connectivity index (χ0n) is 9.15. The second-order valence-corrected chi connectivity index (χ2v) is 4.12. The summed E-state index contributed by atoms with van der Waals surface area (Å²) in [5.74, 6) is 0. The Balaban J connectivity index is 1.98. The standard InChI is InChI=1S/C11H17N3O/c1-10-8-12-9-14(11(10)15)7-6-13-4-2-3-5-13/h8-9H,2-7H2,1H3. The van der Waals surface area contributed by atoms with Crippen molar-refractivity contribution in [1.29, 1.82) is 0 Å². The molecule has 1 aliphatic heterocycles. The van der Waals surface area contributed by atoms with Gasteiger partial charge in [-0.25, -0.2) is 4.98 Å². The predicted molar refractivity (Wildman–Crippen MR) is 58.9 cm³/mol. The molecule has 2 heterocycles. The van der Waals surface area contributed by atoms with Gasteiger partial charge in [0.05, 0.1) is 6.33 Å². The molecule has 15 heavy (non-hydrogen) atoms. The third-order valence-corrected chi connectivity index (χ3v) is 2.93. The molecule has 0 radical (unpaired) electrons. The molecule has 1 fully saturated rings. The first-order chi connectivity index (χ1) is 7.27. The fourth-order valence-corrected chi connectivity index (χ4v) is 1.97. The summed E-state index contributed by atoms with van der Waals surface area (Å²) in [4.78, 5) is 18.1. The van der Waals surface area contributed by atoms with Gasteiger partial charge in [-0.15, -0.1) is 0 Å². The van der Waals surface area contributed by atoms with Crippen molar-refractivity contribution in [1.82, 2.24) is 14.5 Å². The Bertz CT molecular complexity index is 380. The Morgan fingerprint density at radius 3 is 2.80 bits per heavy atom. The lowest BCUT2D eigenvalue weighted by molar-refractivity contribution is 0.319. The highest BCUT2D eigenvalue weighted by molar-refractivity contribution is 5.00. The molecule has 4 nitrogen and oxygen atoms in total. The largest absolute Gasteiger partial charge is 0.302 e. The maximum absolute atomic E-state index is 11.7. The van der Waals surface area contributed by atoms with E-state index in [9.17, 15) is 4.79 Å². The molecule has 0 N–H and O–H groups in total. The summed E-state index contributed by atoms with van der Waals surface area (Å²) in [6.45, 7) is 5.88. The van der Waals surface area contributed by atoms with E-state index in [1.54, 1.807) is 17.1 Å². The molecule has 0 bridgehead atoms. The first-order valence-electron chi connectivity index (χ1n) is 5.51. The maximum atomic E-state index is 11.7. The van der Waals surface area contributed by atoms with Crippen LogP contribution in [0.15, 0.2) is 17.3 Å². The van der Waals surface area contributed by atoms with Crippen molar-refractivity contribution in [3.05, 3.63) is 28.4 Å². The SMILES string of the molecule is Cc1cncn(CCN2CCCC2)c1=O. The maximum Gasteiger partial charge on any atom is 0.256 e. The summed E-state index contributed by atoms with van der Waals surface area (Å²) in [6, 6.07) is 0. The van der Waals surface area contributed by atoms with Gasteiger partial charge < -0.3 is 4.90 Å². The molecule has 1 aromatic heterocycles. The predicted octanol–water partition coefficient (Wildman–Crippen LogP) is 0.648. The van der Waals surface area contributed by atoms with Crippen LogP contribution in [0, 0.1) is 6.92 Å². The van der Waals surface area contributed by atoms with E-state index < -0.39 is 0 Å². The summed E-state index contributed by atoms with van der Waals surface area (Å²) in [7, 11) is 0. The fourth-order valence-electron chi connectivity index (χ4n) is 1.97. The van der Waals surface area contributed by atoms with Crippen molar-refractivity contribution in [2.45, 2.75) is 26.3 Å². The number of hydrogen-bond donors (Lipinski definition) is 0. The van der Waals surface area contributed by atoms with Gasteiger partial charge in [0.1, 0.15) is 0 Å². The Labute approximate surface area is 89.6 Å². The lowest BCUT2D eigenvalue weighted by Gasteiger charge is -2.15. The first-order valence-corrected chi connectivity index (χ1v) is 5.51. The minimum atomic E-state index is 0.0872. The molecule has 1 aromatic rings. The Kier molecular flexibility index (Phi) is 3.16. The molecular weight excluding hydrogens is 190 g/mol. The number of aryl methyl sites for hydroxylation is 1. The molecule has 0 amide bonds. The van der Waals surface area contributed by atoms with Crippen molar-refractivity contribution >= 4 is 0 Å². The quantitative estimate of drug-likeness (QED) is 0.730. The number of rotatable bonds is 3. The number of hydrogen-bond acceptors (Lipinski definition) is 3.